The third kappa shape index (κ3) is 5.40. The molecular weight excluding hydrogens is 462 g/mol. The summed E-state index contributed by atoms with van der Waals surface area (Å²) in [6.45, 7) is 0. The molecule has 1 saturated carbocycles. The van der Waals surface area contributed by atoms with Gasteiger partial charge in [0.15, 0.2) is 9.84 Å². The number of aromatic nitrogens is 1. The third-order valence-corrected chi connectivity index (χ3v) is 7.51. The summed E-state index contributed by atoms with van der Waals surface area (Å²) in [6.07, 6.45) is -7.90. The van der Waals surface area contributed by atoms with Gasteiger partial charge in [-0.15, -0.1) is 0 Å². The van der Waals surface area contributed by atoms with Crippen molar-refractivity contribution in [2.45, 2.75) is 54.2 Å². The van der Waals surface area contributed by atoms with Crippen molar-refractivity contribution in [3.63, 3.8) is 0 Å². The van der Waals surface area contributed by atoms with Crippen molar-refractivity contribution in [2.75, 3.05) is 0 Å². The lowest BCUT2D eigenvalue weighted by Crippen LogP contribution is -2.40. The second kappa shape index (κ2) is 8.72. The van der Waals surface area contributed by atoms with Crippen LogP contribution in [0.5, 0.6) is 0 Å². The van der Waals surface area contributed by atoms with E-state index in [-0.39, 0.29) is 31.2 Å². The standard InChI is InChI=1S/C20H18F6N2O3S/c21-19(22,23)13-2-1-3-16(11-13)32(30,31)15-6-4-14(5-7-15)28-18(29)12-8-9-27-17(10-12)20(24,25)26/h1-3,8-11,14-15H,4-7H2,(H,28,29)/t14-,15-. The molecule has 1 aromatic carbocycles. The lowest BCUT2D eigenvalue weighted by molar-refractivity contribution is -0.141. The largest absolute Gasteiger partial charge is 0.433 e. The normalized spacial score (nSPS) is 20.1. The van der Waals surface area contributed by atoms with Crippen molar-refractivity contribution in [3.05, 3.63) is 59.4 Å². The number of rotatable bonds is 4. The fraction of sp³-hybridized carbons (Fsp3) is 0.400. The molecule has 1 aliphatic rings. The molecule has 32 heavy (non-hydrogen) atoms. The van der Waals surface area contributed by atoms with Gasteiger partial charge in [0.1, 0.15) is 5.69 Å². The fourth-order valence-corrected chi connectivity index (χ4v) is 5.39. The molecule has 1 heterocycles. The molecule has 1 N–H and O–H groups in total. The lowest BCUT2D eigenvalue weighted by atomic mass is 9.94. The van der Waals surface area contributed by atoms with E-state index >= 15 is 0 Å². The molecule has 3 rings (SSSR count). The highest BCUT2D eigenvalue weighted by atomic mass is 32.2. The van der Waals surface area contributed by atoms with Gasteiger partial charge in [0.05, 0.1) is 15.7 Å². The Morgan fingerprint density at radius 3 is 2.19 bits per heavy atom. The zero-order chi connectivity index (χ0) is 23.7. The van der Waals surface area contributed by atoms with Crippen LogP contribution in [0.1, 0.15) is 47.3 Å². The number of nitrogens with one attached hydrogen (secondary N) is 1. The average molecular weight is 480 g/mol. The lowest BCUT2D eigenvalue weighted by Gasteiger charge is -2.29. The van der Waals surface area contributed by atoms with Crippen LogP contribution in [-0.4, -0.2) is 30.6 Å². The first-order valence-corrected chi connectivity index (χ1v) is 11.1. The predicted molar refractivity (Wildman–Crippen MR) is 101 cm³/mol. The molecule has 0 aliphatic heterocycles. The molecule has 12 heteroatoms. The first kappa shape index (κ1) is 24.0. The first-order valence-electron chi connectivity index (χ1n) is 9.54. The van der Waals surface area contributed by atoms with E-state index in [0.29, 0.717) is 12.1 Å². The number of alkyl halides is 6. The highest BCUT2D eigenvalue weighted by Gasteiger charge is 2.36. The van der Waals surface area contributed by atoms with Crippen molar-refractivity contribution in [3.8, 4) is 0 Å². The molecular formula is C20H18F6N2O3S. The van der Waals surface area contributed by atoms with Crippen LogP contribution in [0.15, 0.2) is 47.5 Å². The minimum Gasteiger partial charge on any atom is -0.349 e. The van der Waals surface area contributed by atoms with Gasteiger partial charge < -0.3 is 5.32 Å². The molecule has 0 spiro atoms. The summed E-state index contributed by atoms with van der Waals surface area (Å²) >= 11 is 0. The Kier molecular flexibility index (Phi) is 6.55. The molecule has 1 aliphatic carbocycles. The van der Waals surface area contributed by atoms with E-state index in [1.807, 2.05) is 0 Å². The van der Waals surface area contributed by atoms with Crippen LogP contribution < -0.4 is 5.32 Å². The number of benzene rings is 1. The molecule has 0 radical (unpaired) electrons. The maximum Gasteiger partial charge on any atom is 0.433 e. The molecule has 0 atom stereocenters. The van der Waals surface area contributed by atoms with Crippen molar-refractivity contribution in [1.29, 1.82) is 0 Å². The molecule has 0 saturated heterocycles. The number of halogens is 6. The van der Waals surface area contributed by atoms with E-state index in [1.54, 1.807) is 0 Å². The van der Waals surface area contributed by atoms with Crippen molar-refractivity contribution < 1.29 is 39.6 Å². The van der Waals surface area contributed by atoms with Crippen LogP contribution in [0.4, 0.5) is 26.3 Å². The van der Waals surface area contributed by atoms with Crippen molar-refractivity contribution >= 4 is 15.7 Å². The number of carbonyl (C=O) groups is 1. The topological polar surface area (TPSA) is 76.1 Å². The zero-order valence-corrected chi connectivity index (χ0v) is 17.2. The summed E-state index contributed by atoms with van der Waals surface area (Å²) in [4.78, 5) is 15.1. The summed E-state index contributed by atoms with van der Waals surface area (Å²) in [6, 6.07) is 4.82. The molecule has 1 aromatic heterocycles. The second-order valence-corrected chi connectivity index (χ2v) is 9.67. The van der Waals surface area contributed by atoms with Gasteiger partial charge in [-0.05, 0) is 56.0 Å². The third-order valence-electron chi connectivity index (χ3n) is 5.25. The molecule has 0 unspecified atom stereocenters. The maximum atomic E-state index is 12.9. The van der Waals surface area contributed by atoms with Gasteiger partial charge in [-0.1, -0.05) is 6.07 Å². The van der Waals surface area contributed by atoms with Gasteiger partial charge in [-0.25, -0.2) is 8.42 Å². The number of hydrogen-bond acceptors (Lipinski definition) is 4. The van der Waals surface area contributed by atoms with E-state index in [2.05, 4.69) is 10.3 Å². The van der Waals surface area contributed by atoms with E-state index < -0.39 is 55.5 Å². The minimum atomic E-state index is -4.70. The minimum absolute atomic E-state index is 0.0909. The van der Waals surface area contributed by atoms with E-state index in [4.69, 9.17) is 0 Å². The van der Waals surface area contributed by atoms with Gasteiger partial charge in [-0.2, -0.15) is 26.3 Å². The van der Waals surface area contributed by atoms with Crippen LogP contribution in [0.2, 0.25) is 0 Å². The highest BCUT2D eigenvalue weighted by Crippen LogP contribution is 2.34. The Balaban J connectivity index is 1.65. The smallest absolute Gasteiger partial charge is 0.349 e. The van der Waals surface area contributed by atoms with Crippen LogP contribution in [0, 0.1) is 0 Å². The van der Waals surface area contributed by atoms with Gasteiger partial charge in [0.2, 0.25) is 0 Å². The number of pyridine rings is 1. The molecule has 1 amide bonds. The van der Waals surface area contributed by atoms with E-state index in [1.165, 1.54) is 0 Å². The van der Waals surface area contributed by atoms with Gasteiger partial charge >= 0.3 is 12.4 Å². The van der Waals surface area contributed by atoms with Crippen molar-refractivity contribution in [2.24, 2.45) is 0 Å². The second-order valence-electron chi connectivity index (χ2n) is 7.45. The highest BCUT2D eigenvalue weighted by molar-refractivity contribution is 7.92. The number of carbonyl (C=O) groups excluding carboxylic acids is 1. The van der Waals surface area contributed by atoms with Gasteiger partial charge in [-0.3, -0.25) is 9.78 Å². The van der Waals surface area contributed by atoms with Gasteiger partial charge in [0.25, 0.3) is 5.91 Å². The quantitative estimate of drug-likeness (QED) is 0.648. The van der Waals surface area contributed by atoms with Gasteiger partial charge in [0, 0.05) is 17.8 Å². The summed E-state index contributed by atoms with van der Waals surface area (Å²) in [7, 11) is -4.02. The predicted octanol–water partition coefficient (Wildman–Crippen LogP) is 4.63. The molecule has 1 fully saturated rings. The Morgan fingerprint density at radius 1 is 0.938 bits per heavy atom. The van der Waals surface area contributed by atoms with Crippen LogP contribution >= 0.6 is 0 Å². The zero-order valence-electron chi connectivity index (χ0n) is 16.4. The monoisotopic (exact) mass is 480 g/mol. The average Bonchev–Trinajstić information content (AvgIpc) is 2.73. The van der Waals surface area contributed by atoms with E-state index in [0.717, 1.165) is 30.5 Å². The number of sulfone groups is 1. The Morgan fingerprint density at radius 2 is 1.59 bits per heavy atom. The molecule has 5 nitrogen and oxygen atoms in total. The van der Waals surface area contributed by atoms with Crippen LogP contribution in [0.3, 0.4) is 0 Å². The van der Waals surface area contributed by atoms with Crippen molar-refractivity contribution in [1.82, 2.24) is 10.3 Å². The maximum absolute atomic E-state index is 12.9. The molecule has 0 bridgehead atoms. The number of amides is 1. The summed E-state index contributed by atoms with van der Waals surface area (Å²) < 4.78 is 103. The molecule has 174 valence electrons. The summed E-state index contributed by atoms with van der Waals surface area (Å²) in [5.74, 6) is -0.748. The Bertz CT molecular complexity index is 1090. The number of nitrogens with zero attached hydrogens (tertiary/aromatic N) is 1. The van der Waals surface area contributed by atoms with E-state index in [9.17, 15) is 39.6 Å². The summed E-state index contributed by atoms with van der Waals surface area (Å²) in [5, 5.41) is 1.66. The number of hydrogen-bond donors (Lipinski definition) is 1. The Labute approximate surface area is 179 Å². The summed E-state index contributed by atoms with van der Waals surface area (Å²) in [5.41, 5.74) is -2.50. The Hall–Kier alpha value is -2.63. The SMILES string of the molecule is O=C(N[C@H]1CC[C@H](S(=O)(=O)c2cccc(C(F)(F)F)c2)CC1)c1ccnc(C(F)(F)F)c1. The van der Waals surface area contributed by atoms with Crippen LogP contribution in [0.25, 0.3) is 0 Å². The fourth-order valence-electron chi connectivity index (χ4n) is 3.55. The molecule has 2 aromatic rings. The van der Waals surface area contributed by atoms with Crippen LogP contribution in [-0.2, 0) is 22.2 Å². The first-order chi connectivity index (χ1) is 14.8.